The third-order valence-electron chi connectivity index (χ3n) is 2.45. The average Bonchev–Trinajstić information content (AvgIpc) is 2.47. The minimum atomic E-state index is -3.67. The summed E-state index contributed by atoms with van der Waals surface area (Å²) in [6, 6.07) is 9.48. The number of anilines is 2. The van der Waals surface area contributed by atoms with Crippen molar-refractivity contribution in [2.24, 2.45) is 0 Å². The van der Waals surface area contributed by atoms with E-state index in [9.17, 15) is 8.42 Å². The van der Waals surface area contributed by atoms with Crippen LogP contribution in [0.1, 0.15) is 0 Å². The smallest absolute Gasteiger partial charge is 0.263 e. The van der Waals surface area contributed by atoms with E-state index in [2.05, 4.69) is 42.7 Å². The number of hydrogen-bond acceptors (Lipinski definition) is 5. The molecule has 0 bridgehead atoms. The summed E-state index contributed by atoms with van der Waals surface area (Å²) in [6.07, 6.45) is 1.69. The first-order valence-electron chi connectivity index (χ1n) is 5.98. The van der Waals surface area contributed by atoms with Crippen molar-refractivity contribution in [3.63, 3.8) is 0 Å². The molecule has 1 heterocycles. The number of hydrogen-bond donors (Lipinski definition) is 2. The second-order valence-corrected chi connectivity index (χ2v) is 6.63. The maximum Gasteiger partial charge on any atom is 0.263 e. The molecule has 0 aliphatic carbocycles. The summed E-state index contributed by atoms with van der Waals surface area (Å²) >= 11 is 3.26. The fourth-order valence-electron chi connectivity index (χ4n) is 1.47. The molecule has 0 fully saturated rings. The van der Waals surface area contributed by atoms with Gasteiger partial charge in [-0.25, -0.2) is 8.42 Å². The van der Waals surface area contributed by atoms with Crippen LogP contribution in [0.5, 0.6) is 0 Å². The Labute approximate surface area is 131 Å². The molecule has 0 atom stereocenters. The van der Waals surface area contributed by atoms with Gasteiger partial charge in [0.1, 0.15) is 5.82 Å². The first-order chi connectivity index (χ1) is 10.0. The molecule has 0 amide bonds. The van der Waals surface area contributed by atoms with Gasteiger partial charge >= 0.3 is 0 Å². The Morgan fingerprint density at radius 3 is 2.29 bits per heavy atom. The van der Waals surface area contributed by atoms with Gasteiger partial charge in [0.2, 0.25) is 0 Å². The van der Waals surface area contributed by atoms with Crippen molar-refractivity contribution < 1.29 is 8.42 Å². The lowest BCUT2D eigenvalue weighted by atomic mass is 10.4. The van der Waals surface area contributed by atoms with Crippen LogP contribution in [0.2, 0.25) is 0 Å². The molecule has 8 heteroatoms. The van der Waals surface area contributed by atoms with Crippen LogP contribution in [0, 0.1) is 0 Å². The topological polar surface area (TPSA) is 84.0 Å². The van der Waals surface area contributed by atoms with E-state index in [1.54, 1.807) is 24.3 Å². The second kappa shape index (κ2) is 6.68. The van der Waals surface area contributed by atoms with Crippen LogP contribution in [0.25, 0.3) is 0 Å². The number of nitrogens with one attached hydrogen (secondary N) is 2. The van der Waals surface area contributed by atoms with E-state index in [-0.39, 0.29) is 10.7 Å². The van der Waals surface area contributed by atoms with E-state index in [0.717, 1.165) is 4.47 Å². The molecule has 2 rings (SSSR count). The van der Waals surface area contributed by atoms with Crippen LogP contribution in [-0.2, 0) is 10.0 Å². The monoisotopic (exact) mass is 368 g/mol. The molecular weight excluding hydrogens is 356 g/mol. The predicted molar refractivity (Wildman–Crippen MR) is 85.7 cm³/mol. The minimum Gasteiger partial charge on any atom is -0.365 e. The zero-order chi connectivity index (χ0) is 15.3. The number of rotatable bonds is 6. The first kappa shape index (κ1) is 15.5. The van der Waals surface area contributed by atoms with Crippen molar-refractivity contribution in [2.45, 2.75) is 4.90 Å². The molecule has 0 aliphatic rings. The number of benzene rings is 1. The van der Waals surface area contributed by atoms with Crippen LogP contribution in [0.3, 0.4) is 0 Å². The van der Waals surface area contributed by atoms with Gasteiger partial charge in [-0.2, -0.15) is 0 Å². The van der Waals surface area contributed by atoms with E-state index in [0.29, 0.717) is 12.4 Å². The van der Waals surface area contributed by atoms with Crippen molar-refractivity contribution in [1.82, 2.24) is 10.2 Å². The molecule has 0 saturated carbocycles. The summed E-state index contributed by atoms with van der Waals surface area (Å²) in [5, 5.41) is 10.6. The van der Waals surface area contributed by atoms with Crippen LogP contribution in [0.4, 0.5) is 11.6 Å². The lowest BCUT2D eigenvalue weighted by Gasteiger charge is -2.07. The van der Waals surface area contributed by atoms with E-state index in [4.69, 9.17) is 0 Å². The fraction of sp³-hybridized carbons (Fsp3) is 0.0769. The normalized spacial score (nSPS) is 10.9. The highest BCUT2D eigenvalue weighted by atomic mass is 79.9. The fourth-order valence-corrected chi connectivity index (χ4v) is 2.73. The molecule has 0 spiro atoms. The molecule has 1 aromatic heterocycles. The minimum absolute atomic E-state index is 0.154. The van der Waals surface area contributed by atoms with Crippen LogP contribution in [0.15, 0.2) is 58.4 Å². The maximum absolute atomic E-state index is 12.1. The Hall–Kier alpha value is -1.93. The SMILES string of the molecule is C=CCNc1ccc(NS(=O)(=O)c2ccc(Br)cc2)nn1. The van der Waals surface area contributed by atoms with Crippen molar-refractivity contribution in [1.29, 1.82) is 0 Å². The van der Waals surface area contributed by atoms with Gasteiger partial charge in [0.05, 0.1) is 4.90 Å². The third-order valence-corrected chi connectivity index (χ3v) is 4.35. The largest absolute Gasteiger partial charge is 0.365 e. The molecule has 1 aromatic carbocycles. The Morgan fingerprint density at radius 1 is 1.10 bits per heavy atom. The van der Waals surface area contributed by atoms with E-state index in [1.807, 2.05) is 0 Å². The van der Waals surface area contributed by atoms with Crippen molar-refractivity contribution in [3.8, 4) is 0 Å². The predicted octanol–water partition coefficient (Wildman–Crippen LogP) is 2.64. The molecule has 2 aromatic rings. The van der Waals surface area contributed by atoms with Crippen LogP contribution in [-0.4, -0.2) is 25.2 Å². The standard InChI is InChI=1S/C13H13BrN4O2S/c1-2-9-15-12-7-8-13(17-16-12)18-21(19,20)11-5-3-10(14)4-6-11/h2-8H,1,9H2,(H,15,16)(H,17,18). The highest BCUT2D eigenvalue weighted by Gasteiger charge is 2.14. The summed E-state index contributed by atoms with van der Waals surface area (Å²) in [6.45, 7) is 4.13. The van der Waals surface area contributed by atoms with Gasteiger partial charge in [-0.3, -0.25) is 4.72 Å². The Morgan fingerprint density at radius 2 is 1.71 bits per heavy atom. The third kappa shape index (κ3) is 4.27. The molecule has 0 unspecified atom stereocenters. The van der Waals surface area contributed by atoms with Crippen molar-refractivity contribution >= 4 is 37.6 Å². The summed E-state index contributed by atoms with van der Waals surface area (Å²) < 4.78 is 27.5. The summed E-state index contributed by atoms with van der Waals surface area (Å²) in [7, 11) is -3.67. The quantitative estimate of drug-likeness (QED) is 0.765. The highest BCUT2D eigenvalue weighted by Crippen LogP contribution is 2.17. The number of sulfonamides is 1. The molecule has 2 N–H and O–H groups in total. The molecule has 6 nitrogen and oxygen atoms in total. The molecular formula is C13H13BrN4O2S. The van der Waals surface area contributed by atoms with E-state index >= 15 is 0 Å². The second-order valence-electron chi connectivity index (χ2n) is 4.03. The summed E-state index contributed by atoms with van der Waals surface area (Å²) in [4.78, 5) is 0.154. The lowest BCUT2D eigenvalue weighted by molar-refractivity contribution is 0.601. The van der Waals surface area contributed by atoms with Gasteiger partial charge in [-0.1, -0.05) is 22.0 Å². The zero-order valence-electron chi connectivity index (χ0n) is 11.0. The van der Waals surface area contributed by atoms with Crippen LogP contribution < -0.4 is 10.0 Å². The van der Waals surface area contributed by atoms with E-state index < -0.39 is 10.0 Å². The molecule has 0 saturated heterocycles. The van der Waals surface area contributed by atoms with Crippen LogP contribution >= 0.6 is 15.9 Å². The lowest BCUT2D eigenvalue weighted by Crippen LogP contribution is -2.14. The van der Waals surface area contributed by atoms with Crippen molar-refractivity contribution in [3.05, 3.63) is 53.5 Å². The zero-order valence-corrected chi connectivity index (χ0v) is 13.4. The maximum atomic E-state index is 12.1. The van der Waals surface area contributed by atoms with Gasteiger partial charge in [-0.05, 0) is 36.4 Å². The number of nitrogens with zero attached hydrogens (tertiary/aromatic N) is 2. The number of halogens is 1. The molecule has 110 valence electrons. The van der Waals surface area contributed by atoms with Gasteiger partial charge in [0.15, 0.2) is 5.82 Å². The average molecular weight is 369 g/mol. The first-order valence-corrected chi connectivity index (χ1v) is 8.26. The Kier molecular flexibility index (Phi) is 4.92. The molecule has 21 heavy (non-hydrogen) atoms. The Balaban J connectivity index is 2.13. The molecule has 0 radical (unpaired) electrons. The summed E-state index contributed by atoms with van der Waals surface area (Å²) in [5.74, 6) is 0.698. The number of aromatic nitrogens is 2. The van der Waals surface area contributed by atoms with Gasteiger partial charge in [0, 0.05) is 11.0 Å². The van der Waals surface area contributed by atoms with Gasteiger partial charge in [0.25, 0.3) is 10.0 Å². The van der Waals surface area contributed by atoms with Gasteiger partial charge in [-0.15, -0.1) is 16.8 Å². The molecule has 0 aliphatic heterocycles. The summed E-state index contributed by atoms with van der Waals surface area (Å²) in [5.41, 5.74) is 0. The van der Waals surface area contributed by atoms with Crippen molar-refractivity contribution in [2.75, 3.05) is 16.6 Å². The van der Waals surface area contributed by atoms with E-state index in [1.165, 1.54) is 18.2 Å². The Bertz CT molecular complexity index is 715. The highest BCUT2D eigenvalue weighted by molar-refractivity contribution is 9.10. The van der Waals surface area contributed by atoms with Gasteiger partial charge < -0.3 is 5.32 Å².